The standard InChI is InChI=1S/C7H17N3O2/c1-5(8)3-9-6(2)4-10-7(11)12/h5-6,9-10H,3-4,8H2,1-2H3,(H,11,12). The molecule has 0 aromatic carbocycles. The average Bonchev–Trinajstić information content (AvgIpc) is 1.96. The highest BCUT2D eigenvalue weighted by atomic mass is 16.4. The van der Waals surface area contributed by atoms with Crippen LogP contribution in [0.25, 0.3) is 0 Å². The lowest BCUT2D eigenvalue weighted by atomic mass is 10.3. The van der Waals surface area contributed by atoms with Crippen LogP contribution >= 0.6 is 0 Å². The number of carbonyl (C=O) groups is 1. The number of carboxylic acid groups (broad SMARTS) is 1. The molecule has 0 bridgehead atoms. The zero-order valence-electron chi connectivity index (χ0n) is 7.50. The van der Waals surface area contributed by atoms with E-state index in [1.807, 2.05) is 13.8 Å². The highest BCUT2D eigenvalue weighted by molar-refractivity contribution is 5.64. The summed E-state index contributed by atoms with van der Waals surface area (Å²) in [6, 6.07) is 0.212. The summed E-state index contributed by atoms with van der Waals surface area (Å²) in [6.07, 6.45) is -0.996. The summed E-state index contributed by atoms with van der Waals surface area (Å²) in [6.45, 7) is 4.90. The fourth-order valence-electron chi connectivity index (χ4n) is 0.700. The van der Waals surface area contributed by atoms with Crippen LogP contribution in [0.2, 0.25) is 0 Å². The van der Waals surface area contributed by atoms with Crippen molar-refractivity contribution in [1.29, 1.82) is 0 Å². The van der Waals surface area contributed by atoms with E-state index in [0.29, 0.717) is 13.1 Å². The maximum atomic E-state index is 10.1. The van der Waals surface area contributed by atoms with E-state index in [1.165, 1.54) is 0 Å². The molecule has 0 saturated heterocycles. The highest BCUT2D eigenvalue weighted by Gasteiger charge is 2.03. The SMILES string of the molecule is CC(N)CNC(C)CNC(=O)O. The predicted octanol–water partition coefficient (Wildman–Crippen LogP) is -0.421. The highest BCUT2D eigenvalue weighted by Crippen LogP contribution is 1.79. The fourth-order valence-corrected chi connectivity index (χ4v) is 0.700. The summed E-state index contributed by atoms with van der Waals surface area (Å²) in [5.41, 5.74) is 5.50. The van der Waals surface area contributed by atoms with Crippen molar-refractivity contribution in [2.24, 2.45) is 5.73 Å². The van der Waals surface area contributed by atoms with E-state index in [4.69, 9.17) is 10.8 Å². The van der Waals surface area contributed by atoms with Crippen molar-refractivity contribution < 1.29 is 9.90 Å². The molecule has 0 aliphatic carbocycles. The minimum atomic E-state index is -0.996. The van der Waals surface area contributed by atoms with Gasteiger partial charge < -0.3 is 21.5 Å². The van der Waals surface area contributed by atoms with Crippen LogP contribution in [-0.4, -0.2) is 36.4 Å². The molecule has 12 heavy (non-hydrogen) atoms. The average molecular weight is 175 g/mol. The van der Waals surface area contributed by atoms with Crippen LogP contribution in [-0.2, 0) is 0 Å². The molecule has 0 aliphatic rings. The number of nitrogens with one attached hydrogen (secondary N) is 2. The van der Waals surface area contributed by atoms with Crippen molar-refractivity contribution in [2.45, 2.75) is 25.9 Å². The molecule has 0 aliphatic heterocycles. The van der Waals surface area contributed by atoms with Gasteiger partial charge in [0, 0.05) is 25.2 Å². The Morgan fingerprint density at radius 1 is 1.50 bits per heavy atom. The molecule has 1 amide bonds. The monoisotopic (exact) mass is 175 g/mol. The summed E-state index contributed by atoms with van der Waals surface area (Å²) >= 11 is 0. The van der Waals surface area contributed by atoms with Crippen LogP contribution in [0.4, 0.5) is 4.79 Å². The second-order valence-electron chi connectivity index (χ2n) is 2.97. The molecule has 0 fully saturated rings. The lowest BCUT2D eigenvalue weighted by molar-refractivity contribution is 0.193. The molecule has 2 atom stereocenters. The van der Waals surface area contributed by atoms with Gasteiger partial charge >= 0.3 is 6.09 Å². The van der Waals surface area contributed by atoms with Gasteiger partial charge in [0.25, 0.3) is 0 Å². The van der Waals surface area contributed by atoms with Crippen LogP contribution in [0, 0.1) is 0 Å². The molecule has 0 aromatic heterocycles. The van der Waals surface area contributed by atoms with E-state index in [-0.39, 0.29) is 12.1 Å². The largest absolute Gasteiger partial charge is 0.465 e. The first-order valence-corrected chi connectivity index (χ1v) is 3.98. The number of nitrogens with two attached hydrogens (primary N) is 1. The summed E-state index contributed by atoms with van der Waals surface area (Å²) in [4.78, 5) is 10.1. The predicted molar refractivity (Wildman–Crippen MR) is 47.1 cm³/mol. The van der Waals surface area contributed by atoms with Crippen LogP contribution in [0.15, 0.2) is 0 Å². The minimum absolute atomic E-state index is 0.0947. The van der Waals surface area contributed by atoms with Gasteiger partial charge in [-0.2, -0.15) is 0 Å². The number of hydrogen-bond acceptors (Lipinski definition) is 3. The summed E-state index contributed by atoms with van der Waals surface area (Å²) in [7, 11) is 0. The normalized spacial score (nSPS) is 15.2. The molecular formula is C7H17N3O2. The van der Waals surface area contributed by atoms with E-state index < -0.39 is 6.09 Å². The van der Waals surface area contributed by atoms with Crippen molar-refractivity contribution in [3.05, 3.63) is 0 Å². The first kappa shape index (κ1) is 11.2. The molecule has 72 valence electrons. The van der Waals surface area contributed by atoms with Crippen molar-refractivity contribution in [2.75, 3.05) is 13.1 Å². The van der Waals surface area contributed by atoms with Crippen molar-refractivity contribution in [1.82, 2.24) is 10.6 Å². The third-order valence-corrected chi connectivity index (χ3v) is 1.35. The second kappa shape index (κ2) is 5.79. The number of hydrogen-bond donors (Lipinski definition) is 4. The van der Waals surface area contributed by atoms with Crippen LogP contribution in [0.5, 0.6) is 0 Å². The Labute approximate surface area is 72.3 Å². The van der Waals surface area contributed by atoms with Crippen molar-refractivity contribution in [3.63, 3.8) is 0 Å². The van der Waals surface area contributed by atoms with Gasteiger partial charge in [0.05, 0.1) is 0 Å². The van der Waals surface area contributed by atoms with Gasteiger partial charge in [-0.1, -0.05) is 0 Å². The molecule has 0 rings (SSSR count). The summed E-state index contributed by atoms with van der Waals surface area (Å²) < 4.78 is 0. The molecule has 5 heteroatoms. The Balaban J connectivity index is 3.33. The molecule has 0 radical (unpaired) electrons. The van der Waals surface area contributed by atoms with E-state index in [0.717, 1.165) is 0 Å². The van der Waals surface area contributed by atoms with Gasteiger partial charge in [0.2, 0.25) is 0 Å². The van der Waals surface area contributed by atoms with Crippen molar-refractivity contribution >= 4 is 6.09 Å². The van der Waals surface area contributed by atoms with Gasteiger partial charge in [0.1, 0.15) is 0 Å². The van der Waals surface area contributed by atoms with E-state index in [9.17, 15) is 4.79 Å². The van der Waals surface area contributed by atoms with Gasteiger partial charge in [0.15, 0.2) is 0 Å². The third kappa shape index (κ3) is 7.30. The second-order valence-corrected chi connectivity index (χ2v) is 2.97. The molecule has 5 nitrogen and oxygen atoms in total. The maximum absolute atomic E-state index is 10.1. The molecule has 5 N–H and O–H groups in total. The van der Waals surface area contributed by atoms with Crippen molar-refractivity contribution in [3.8, 4) is 0 Å². The first-order chi connectivity index (χ1) is 5.52. The zero-order chi connectivity index (χ0) is 9.56. The molecule has 0 aromatic rings. The van der Waals surface area contributed by atoms with E-state index >= 15 is 0 Å². The lowest BCUT2D eigenvalue weighted by Gasteiger charge is -2.14. The Hall–Kier alpha value is -0.810. The smallest absolute Gasteiger partial charge is 0.404 e. The van der Waals surface area contributed by atoms with Gasteiger partial charge in [-0.3, -0.25) is 0 Å². The Morgan fingerprint density at radius 3 is 2.50 bits per heavy atom. The maximum Gasteiger partial charge on any atom is 0.404 e. The first-order valence-electron chi connectivity index (χ1n) is 3.98. The Morgan fingerprint density at radius 2 is 2.08 bits per heavy atom. The van der Waals surface area contributed by atoms with Crippen LogP contribution in [0.1, 0.15) is 13.8 Å². The van der Waals surface area contributed by atoms with Gasteiger partial charge in [-0.05, 0) is 13.8 Å². The Bertz CT molecular complexity index is 139. The Kier molecular flexibility index (Phi) is 5.40. The topological polar surface area (TPSA) is 87.4 Å². The number of rotatable bonds is 5. The van der Waals surface area contributed by atoms with E-state index in [1.54, 1.807) is 0 Å². The zero-order valence-corrected chi connectivity index (χ0v) is 7.50. The molecule has 2 unspecified atom stereocenters. The quantitative estimate of drug-likeness (QED) is 0.457. The summed E-state index contributed by atoms with van der Waals surface area (Å²) in [5, 5.41) is 13.6. The minimum Gasteiger partial charge on any atom is -0.465 e. The number of amides is 1. The van der Waals surface area contributed by atoms with Gasteiger partial charge in [-0.15, -0.1) is 0 Å². The summed E-state index contributed by atoms with van der Waals surface area (Å²) in [5.74, 6) is 0. The fraction of sp³-hybridized carbons (Fsp3) is 0.857. The third-order valence-electron chi connectivity index (χ3n) is 1.35. The van der Waals surface area contributed by atoms with Gasteiger partial charge in [-0.25, -0.2) is 4.79 Å². The molecule has 0 spiro atoms. The van der Waals surface area contributed by atoms with Crippen LogP contribution in [0.3, 0.4) is 0 Å². The van der Waals surface area contributed by atoms with Crippen LogP contribution < -0.4 is 16.4 Å². The molecule has 0 saturated carbocycles. The van der Waals surface area contributed by atoms with E-state index in [2.05, 4.69) is 10.6 Å². The molecule has 0 heterocycles. The lowest BCUT2D eigenvalue weighted by Crippen LogP contribution is -2.42. The molecular weight excluding hydrogens is 158 g/mol.